The molecule has 5 heteroatoms. The van der Waals surface area contributed by atoms with Gasteiger partial charge in [0, 0.05) is 33.4 Å². The van der Waals surface area contributed by atoms with E-state index in [1.807, 2.05) is 13.0 Å². The van der Waals surface area contributed by atoms with Gasteiger partial charge in [-0.25, -0.2) is 0 Å². The van der Waals surface area contributed by atoms with E-state index in [2.05, 4.69) is 84.4 Å². The Kier molecular flexibility index (Phi) is 5.66. The lowest BCUT2D eigenvalue weighted by Gasteiger charge is -2.66. The van der Waals surface area contributed by atoms with Crippen LogP contribution in [0.5, 0.6) is 0 Å². The molecule has 0 amide bonds. The van der Waals surface area contributed by atoms with Gasteiger partial charge in [-0.05, 0) is 131 Å². The molecule has 0 radical (unpaired) electrons. The zero-order chi connectivity index (χ0) is 33.4. The number of fused-ring (bicyclic) bond motifs is 13. The van der Waals surface area contributed by atoms with Gasteiger partial charge in [0.2, 0.25) is 0 Å². The molecule has 3 aliphatic heterocycles. The lowest BCUT2D eigenvalue weighted by molar-refractivity contribution is -0.174. The quantitative estimate of drug-likeness (QED) is 0.335. The van der Waals surface area contributed by atoms with Crippen LogP contribution in [0.1, 0.15) is 132 Å². The van der Waals surface area contributed by atoms with Crippen molar-refractivity contribution in [3.05, 3.63) is 76.7 Å². The molecule has 4 unspecified atom stereocenters. The van der Waals surface area contributed by atoms with E-state index in [1.54, 1.807) is 0 Å². The summed E-state index contributed by atoms with van der Waals surface area (Å²) >= 11 is 0. The van der Waals surface area contributed by atoms with Gasteiger partial charge in [0.15, 0.2) is 5.78 Å². The Balaban J connectivity index is 1.30. The van der Waals surface area contributed by atoms with Crippen LogP contribution in [0.3, 0.4) is 0 Å². The van der Waals surface area contributed by atoms with E-state index in [0.717, 1.165) is 64.8 Å². The highest BCUT2D eigenvalue weighted by Gasteiger charge is 2.68. The van der Waals surface area contributed by atoms with Crippen LogP contribution in [-0.2, 0) is 21.3 Å². The summed E-state index contributed by atoms with van der Waals surface area (Å²) in [4.78, 5) is 14.8. The number of allylic oxidation sites excluding steroid dienone is 3. The van der Waals surface area contributed by atoms with Crippen LogP contribution in [0.2, 0.25) is 0 Å². The first-order valence-electron chi connectivity index (χ1n) is 18.0. The summed E-state index contributed by atoms with van der Waals surface area (Å²) in [6, 6.07) is 1.91. The molecule has 0 bridgehead atoms. The topological polar surface area (TPSA) is 60.7 Å². The lowest BCUT2D eigenvalue weighted by atomic mass is 9.40. The number of rotatable bonds is 2. The maximum absolute atomic E-state index is 14.8. The van der Waals surface area contributed by atoms with Crippen LogP contribution in [0.15, 0.2) is 48.8 Å². The van der Waals surface area contributed by atoms with E-state index >= 15 is 0 Å². The molecular weight excluding hydrogens is 582 g/mol. The van der Waals surface area contributed by atoms with E-state index in [9.17, 15) is 9.90 Å². The summed E-state index contributed by atoms with van der Waals surface area (Å²) in [6.07, 6.45) is 12.3. The van der Waals surface area contributed by atoms with Gasteiger partial charge in [-0.1, -0.05) is 39.5 Å². The molecule has 2 aromatic rings. The molecule has 1 N–H and O–H groups in total. The first-order chi connectivity index (χ1) is 22.0. The number of ketones is 1. The maximum Gasteiger partial charge on any atom is 0.192 e. The highest BCUT2D eigenvalue weighted by Crippen LogP contribution is 2.72. The summed E-state index contributed by atoms with van der Waals surface area (Å²) in [5.74, 6) is 1.82. The molecule has 1 aromatic carbocycles. The SMILES string of the molecule is C=CC1=CC[C@@]2(C)C3CCC4Cc5c(n6c7c(c8c(cc57)C5=CC(C)(C)OC(C)(C)C5[C@@H]8O)C(=O)[C@@H]6C(=C)C)C4(C)[C@@]3(C)CC[C@@H]2O1. The molecule has 2 saturated carbocycles. The fourth-order valence-corrected chi connectivity index (χ4v) is 13.1. The number of nitrogens with zero attached hydrogens (tertiary/aromatic N) is 1. The summed E-state index contributed by atoms with van der Waals surface area (Å²) in [6.45, 7) is 26.4. The zero-order valence-corrected chi connectivity index (χ0v) is 29.5. The van der Waals surface area contributed by atoms with Crippen molar-refractivity contribution < 1.29 is 19.4 Å². The van der Waals surface area contributed by atoms with Crippen molar-refractivity contribution in [1.82, 2.24) is 4.57 Å². The zero-order valence-electron chi connectivity index (χ0n) is 29.5. The number of aliphatic hydroxyl groups is 1. The number of hydrogen-bond donors (Lipinski definition) is 1. The number of carbonyl (C=O) groups excluding carboxylic acids is 1. The van der Waals surface area contributed by atoms with Crippen LogP contribution in [0.25, 0.3) is 16.5 Å². The van der Waals surface area contributed by atoms with Crippen LogP contribution in [0, 0.1) is 28.6 Å². The van der Waals surface area contributed by atoms with Gasteiger partial charge in [0.25, 0.3) is 0 Å². The van der Waals surface area contributed by atoms with E-state index in [0.29, 0.717) is 11.8 Å². The Morgan fingerprint density at radius 3 is 2.55 bits per heavy atom. The third-order valence-corrected chi connectivity index (χ3v) is 14.9. The van der Waals surface area contributed by atoms with Crippen LogP contribution in [-0.4, -0.2) is 32.8 Å². The Labute approximate surface area is 279 Å². The Bertz CT molecular complexity index is 1920. The minimum absolute atomic E-state index is 0.0409. The Hall–Kier alpha value is -2.89. The summed E-state index contributed by atoms with van der Waals surface area (Å²) < 4.78 is 15.6. The summed E-state index contributed by atoms with van der Waals surface area (Å²) in [5.41, 5.74) is 7.36. The van der Waals surface area contributed by atoms with E-state index in [-0.39, 0.29) is 34.1 Å². The van der Waals surface area contributed by atoms with Gasteiger partial charge in [0.05, 0.1) is 28.4 Å². The molecule has 0 spiro atoms. The predicted octanol–water partition coefficient (Wildman–Crippen LogP) is 9.09. The average molecular weight is 634 g/mol. The molecule has 4 aliphatic carbocycles. The molecule has 4 heterocycles. The van der Waals surface area contributed by atoms with E-state index < -0.39 is 23.3 Å². The van der Waals surface area contributed by atoms with Crippen LogP contribution < -0.4 is 0 Å². The predicted molar refractivity (Wildman–Crippen MR) is 186 cm³/mol. The lowest BCUT2D eigenvalue weighted by Crippen LogP contribution is -2.63. The van der Waals surface area contributed by atoms with Crippen LogP contribution >= 0.6 is 0 Å². The van der Waals surface area contributed by atoms with Crippen molar-refractivity contribution in [1.29, 1.82) is 0 Å². The van der Waals surface area contributed by atoms with Gasteiger partial charge in [0.1, 0.15) is 17.9 Å². The number of aliphatic hydroxyl groups excluding tert-OH is 1. The van der Waals surface area contributed by atoms with E-state index in [1.165, 1.54) is 29.5 Å². The number of carbonyl (C=O) groups is 1. The summed E-state index contributed by atoms with van der Waals surface area (Å²) in [5, 5.41) is 13.4. The Morgan fingerprint density at radius 2 is 1.85 bits per heavy atom. The number of benzene rings is 1. The largest absolute Gasteiger partial charge is 0.490 e. The second kappa shape index (κ2) is 8.82. The van der Waals surface area contributed by atoms with Gasteiger partial charge in [-0.3, -0.25) is 4.79 Å². The Morgan fingerprint density at radius 1 is 1.11 bits per heavy atom. The highest BCUT2D eigenvalue weighted by molar-refractivity contribution is 6.18. The molecular formula is C42H51NO4. The molecule has 7 aliphatic rings. The maximum atomic E-state index is 14.8. The van der Waals surface area contributed by atoms with Gasteiger partial charge in [-0.2, -0.15) is 0 Å². The fraction of sp³-hybridized carbons (Fsp3) is 0.595. The highest BCUT2D eigenvalue weighted by atomic mass is 16.5. The molecule has 9 atom stereocenters. The molecule has 2 fully saturated rings. The van der Waals surface area contributed by atoms with Crippen molar-refractivity contribution in [3.8, 4) is 0 Å². The average Bonchev–Trinajstić information content (AvgIpc) is 3.65. The van der Waals surface area contributed by atoms with Crippen LogP contribution in [0.4, 0.5) is 0 Å². The third kappa shape index (κ3) is 3.32. The summed E-state index contributed by atoms with van der Waals surface area (Å²) in [7, 11) is 0. The molecule has 0 saturated heterocycles. The molecule has 9 rings (SSSR count). The van der Waals surface area contributed by atoms with Crippen molar-refractivity contribution in [2.75, 3.05) is 0 Å². The first kappa shape index (κ1) is 30.2. The van der Waals surface area contributed by atoms with Gasteiger partial charge in [-0.15, -0.1) is 0 Å². The first-order valence-corrected chi connectivity index (χ1v) is 18.0. The van der Waals surface area contributed by atoms with E-state index in [4.69, 9.17) is 9.47 Å². The smallest absolute Gasteiger partial charge is 0.192 e. The number of aromatic nitrogens is 1. The normalized spacial score (nSPS) is 41.5. The van der Waals surface area contributed by atoms with Crippen molar-refractivity contribution in [3.63, 3.8) is 0 Å². The molecule has 47 heavy (non-hydrogen) atoms. The third-order valence-electron chi connectivity index (χ3n) is 14.9. The number of hydrogen-bond acceptors (Lipinski definition) is 4. The van der Waals surface area contributed by atoms with Gasteiger partial charge < -0.3 is 19.1 Å². The van der Waals surface area contributed by atoms with Gasteiger partial charge >= 0.3 is 0 Å². The number of Topliss-reactive ketones (excluding diaryl/α,β-unsaturated/α-hetero) is 1. The van der Waals surface area contributed by atoms with Crippen molar-refractivity contribution >= 4 is 22.3 Å². The standard InChI is InChI=1S/C42H51NO4/c1-11-23-14-16-40(8)28-13-12-22-18-26-25-19-24-27-20-38(4,5)47-39(6,7)32(27)35(44)30(24)31-34(25)43(33(21(2)3)36(31)45)37(26)42(22,10)41(28,9)17-15-29(40)46-23/h11,14,19-20,22,28-29,32-33,35,44H,1-2,12-13,15-18H2,3-10H3/t22?,28?,29-,32?,33-,35+,40-,41-,42?/m0/s1. The second-order valence-electron chi connectivity index (χ2n) is 18.1. The second-order valence-corrected chi connectivity index (χ2v) is 18.1. The minimum Gasteiger partial charge on any atom is -0.490 e. The fourth-order valence-electron chi connectivity index (χ4n) is 13.1. The van der Waals surface area contributed by atoms with Crippen molar-refractivity contribution in [2.24, 2.45) is 28.6 Å². The minimum atomic E-state index is -0.803. The molecule has 248 valence electrons. The van der Waals surface area contributed by atoms with Crippen molar-refractivity contribution in [2.45, 2.75) is 129 Å². The molecule has 1 aromatic heterocycles. The molecule has 5 nitrogen and oxygen atoms in total. The number of ether oxygens (including phenoxy) is 2. The monoisotopic (exact) mass is 633 g/mol.